The minimum absolute atomic E-state index is 0.155. The lowest BCUT2D eigenvalue weighted by atomic mass is 9.76. The molecule has 0 aromatic heterocycles. The van der Waals surface area contributed by atoms with Crippen molar-refractivity contribution in [3.05, 3.63) is 89.5 Å². The van der Waals surface area contributed by atoms with E-state index < -0.39 is 0 Å². The third kappa shape index (κ3) is 7.36. The molecule has 0 spiro atoms. The first-order chi connectivity index (χ1) is 18.8. The summed E-state index contributed by atoms with van der Waals surface area (Å²) in [7, 11) is 0. The molecule has 3 aromatic carbocycles. The molecule has 1 saturated heterocycles. The van der Waals surface area contributed by atoms with Gasteiger partial charge < -0.3 is 14.7 Å². The van der Waals surface area contributed by atoms with Crippen LogP contribution in [0.15, 0.2) is 77.7 Å². The van der Waals surface area contributed by atoms with Crippen molar-refractivity contribution < 1.29 is 9.84 Å². The summed E-state index contributed by atoms with van der Waals surface area (Å²) in [6.45, 7) is 4.64. The van der Waals surface area contributed by atoms with Gasteiger partial charge in [-0.15, -0.1) is 11.8 Å². The van der Waals surface area contributed by atoms with Gasteiger partial charge in [0.05, 0.1) is 6.61 Å². The van der Waals surface area contributed by atoms with Gasteiger partial charge in [-0.3, -0.25) is 0 Å². The molecule has 202 valence electrons. The van der Waals surface area contributed by atoms with Gasteiger partial charge in [0.2, 0.25) is 0 Å². The quantitative estimate of drug-likeness (QED) is 0.177. The lowest BCUT2D eigenvalue weighted by Gasteiger charge is -2.34. The van der Waals surface area contributed by atoms with Crippen molar-refractivity contribution in [3.8, 4) is 11.5 Å². The van der Waals surface area contributed by atoms with E-state index >= 15 is 0 Å². The first-order valence-electron chi connectivity index (χ1n) is 14.7. The summed E-state index contributed by atoms with van der Waals surface area (Å²) in [6.07, 6.45) is 12.4. The van der Waals surface area contributed by atoms with Crippen LogP contribution in [0.2, 0.25) is 0 Å². The number of rotatable bonds is 13. The number of ether oxygens (including phenoxy) is 1. The van der Waals surface area contributed by atoms with Crippen LogP contribution in [0.4, 0.5) is 0 Å². The third-order valence-corrected chi connectivity index (χ3v) is 9.30. The fourth-order valence-electron chi connectivity index (χ4n) is 6.09. The van der Waals surface area contributed by atoms with Crippen LogP contribution in [0.25, 0.3) is 0 Å². The maximum absolute atomic E-state index is 10.2. The molecular formula is C34H43NO2S. The summed E-state index contributed by atoms with van der Waals surface area (Å²) in [4.78, 5) is 3.98. The van der Waals surface area contributed by atoms with Gasteiger partial charge in [0.1, 0.15) is 11.5 Å². The van der Waals surface area contributed by atoms with Crippen LogP contribution in [-0.2, 0) is 0 Å². The van der Waals surface area contributed by atoms with Crippen molar-refractivity contribution >= 4 is 11.8 Å². The minimum atomic E-state index is 0.155. The number of hydrogen-bond donors (Lipinski definition) is 1. The molecule has 2 aliphatic rings. The minimum Gasteiger partial charge on any atom is -0.508 e. The van der Waals surface area contributed by atoms with Crippen molar-refractivity contribution in [1.29, 1.82) is 0 Å². The van der Waals surface area contributed by atoms with Gasteiger partial charge in [0.25, 0.3) is 0 Å². The number of phenolic OH excluding ortho intramolecular Hbond substituents is 1. The van der Waals surface area contributed by atoms with Gasteiger partial charge >= 0.3 is 0 Å². The Morgan fingerprint density at radius 2 is 1.47 bits per heavy atom. The number of aromatic hydroxyl groups is 1. The number of hydrogen-bond acceptors (Lipinski definition) is 4. The zero-order valence-corrected chi connectivity index (χ0v) is 23.5. The van der Waals surface area contributed by atoms with E-state index in [0.29, 0.717) is 12.4 Å². The molecule has 1 fully saturated rings. The monoisotopic (exact) mass is 529 g/mol. The molecule has 0 radical (unpaired) electrons. The van der Waals surface area contributed by atoms with Crippen LogP contribution in [0.1, 0.15) is 86.3 Å². The Kier molecular flexibility index (Phi) is 10.1. The van der Waals surface area contributed by atoms with Gasteiger partial charge in [-0.05, 0) is 92.5 Å². The Morgan fingerprint density at radius 3 is 2.24 bits per heavy atom. The highest BCUT2D eigenvalue weighted by Gasteiger charge is 2.33. The van der Waals surface area contributed by atoms with Crippen molar-refractivity contribution in [2.45, 2.75) is 74.5 Å². The molecule has 0 unspecified atom stereocenters. The fourth-order valence-corrected chi connectivity index (χ4v) is 7.01. The molecule has 0 aliphatic carbocycles. The van der Waals surface area contributed by atoms with Gasteiger partial charge in [0.15, 0.2) is 0 Å². The topological polar surface area (TPSA) is 32.7 Å². The predicted octanol–water partition coefficient (Wildman–Crippen LogP) is 8.62. The van der Waals surface area contributed by atoms with E-state index in [1.54, 1.807) is 6.07 Å². The van der Waals surface area contributed by atoms with E-state index in [4.69, 9.17) is 4.74 Å². The molecule has 0 amide bonds. The van der Waals surface area contributed by atoms with Crippen molar-refractivity contribution in [2.75, 3.05) is 32.0 Å². The molecule has 0 saturated carbocycles. The lowest BCUT2D eigenvalue weighted by molar-refractivity contribution is 0.248. The maximum atomic E-state index is 10.2. The van der Waals surface area contributed by atoms with Gasteiger partial charge in [-0.2, -0.15) is 0 Å². The molecule has 38 heavy (non-hydrogen) atoms. The molecule has 0 bridgehead atoms. The molecule has 3 nitrogen and oxygen atoms in total. The number of phenols is 1. The number of fused-ring (bicyclic) bond motifs is 1. The van der Waals surface area contributed by atoms with Gasteiger partial charge in [-0.25, -0.2) is 0 Å². The van der Waals surface area contributed by atoms with Crippen LogP contribution in [-0.4, -0.2) is 42.0 Å². The first-order valence-corrected chi connectivity index (χ1v) is 15.7. The van der Waals surface area contributed by atoms with E-state index in [9.17, 15) is 5.11 Å². The van der Waals surface area contributed by atoms with Gasteiger partial charge in [0, 0.05) is 22.3 Å². The highest BCUT2D eigenvalue weighted by atomic mass is 32.2. The van der Waals surface area contributed by atoms with Crippen LogP contribution in [0.3, 0.4) is 0 Å². The van der Waals surface area contributed by atoms with Crippen molar-refractivity contribution in [1.82, 2.24) is 4.90 Å². The third-order valence-electron chi connectivity index (χ3n) is 8.20. The molecule has 5 rings (SSSR count). The van der Waals surface area contributed by atoms with Crippen LogP contribution < -0.4 is 4.74 Å². The molecular weight excluding hydrogens is 486 g/mol. The summed E-state index contributed by atoms with van der Waals surface area (Å²) in [6, 6.07) is 25.2. The predicted molar refractivity (Wildman–Crippen MR) is 160 cm³/mol. The summed E-state index contributed by atoms with van der Waals surface area (Å²) >= 11 is 1.98. The van der Waals surface area contributed by atoms with E-state index in [-0.39, 0.29) is 11.8 Å². The Labute approximate surface area is 233 Å². The average molecular weight is 530 g/mol. The molecule has 2 aliphatic heterocycles. The molecule has 3 aromatic rings. The second-order valence-corrected chi connectivity index (χ2v) is 12.1. The summed E-state index contributed by atoms with van der Waals surface area (Å²) in [5.74, 6) is 2.73. The Morgan fingerprint density at radius 1 is 0.763 bits per heavy atom. The zero-order valence-electron chi connectivity index (χ0n) is 22.7. The van der Waals surface area contributed by atoms with E-state index in [1.807, 2.05) is 23.9 Å². The second kappa shape index (κ2) is 14.1. The Hall–Kier alpha value is -2.43. The zero-order chi connectivity index (χ0) is 26.0. The van der Waals surface area contributed by atoms with Crippen LogP contribution in [0.5, 0.6) is 11.5 Å². The normalized spacial score (nSPS) is 19.3. The van der Waals surface area contributed by atoms with E-state index in [2.05, 4.69) is 59.5 Å². The number of nitrogens with zero attached hydrogens (tertiary/aromatic N) is 1. The Bertz CT molecular complexity index is 1110. The molecule has 1 N–H and O–H groups in total. The van der Waals surface area contributed by atoms with Crippen molar-refractivity contribution in [2.24, 2.45) is 0 Å². The van der Waals surface area contributed by atoms with Crippen molar-refractivity contribution in [3.63, 3.8) is 0 Å². The number of likely N-dealkylation sites (tertiary alicyclic amines) is 1. The van der Waals surface area contributed by atoms with E-state index in [1.165, 1.54) is 99.2 Å². The number of unbranched alkanes of at least 4 members (excludes halogenated alkanes) is 6. The van der Waals surface area contributed by atoms with E-state index in [0.717, 1.165) is 11.3 Å². The smallest absolute Gasteiger partial charge is 0.123 e. The standard InChI is InChI=1S/C34H43NO2S/c36-29-17-20-33-31(25-29)34(32(26-37-33)27-13-7-6-8-14-27)28-15-18-30(19-16-28)38-24-12-5-3-1-2-4-9-21-35-22-10-11-23-35/h6-8,13-20,25,32,34,36H,1-5,9-12,21-24,26H2/t32-,34-/m0/s1. The van der Waals surface area contributed by atoms with Crippen LogP contribution in [0, 0.1) is 0 Å². The summed E-state index contributed by atoms with van der Waals surface area (Å²) < 4.78 is 6.14. The SMILES string of the molecule is Oc1ccc2c(c1)[C@H](c1ccc(SCCCCCCCCCN3CCCC3)cc1)[C@H](c1ccccc1)CO2. The highest BCUT2D eigenvalue weighted by molar-refractivity contribution is 7.99. The lowest BCUT2D eigenvalue weighted by Crippen LogP contribution is -2.25. The molecule has 2 heterocycles. The second-order valence-electron chi connectivity index (χ2n) is 11.0. The largest absolute Gasteiger partial charge is 0.508 e. The summed E-state index contributed by atoms with van der Waals surface area (Å²) in [5, 5.41) is 10.2. The molecule has 4 heteroatoms. The first kappa shape index (κ1) is 27.1. The molecule has 2 atom stereocenters. The van der Waals surface area contributed by atoms with Crippen LogP contribution >= 0.6 is 11.8 Å². The fraction of sp³-hybridized carbons (Fsp3) is 0.471. The summed E-state index contributed by atoms with van der Waals surface area (Å²) in [5.41, 5.74) is 3.63. The maximum Gasteiger partial charge on any atom is 0.123 e. The number of benzene rings is 3. The highest BCUT2D eigenvalue weighted by Crippen LogP contribution is 2.47. The number of thioether (sulfide) groups is 1. The average Bonchev–Trinajstić information content (AvgIpc) is 3.48. The Balaban J connectivity index is 1.09. The van der Waals surface area contributed by atoms with Gasteiger partial charge in [-0.1, -0.05) is 74.6 Å².